The van der Waals surface area contributed by atoms with Gasteiger partial charge in [0.1, 0.15) is 0 Å². The molecular formula is C10H14BrN3O3S. The number of hydrogen-bond acceptors (Lipinski definition) is 4. The van der Waals surface area contributed by atoms with Gasteiger partial charge in [-0.2, -0.15) is 0 Å². The summed E-state index contributed by atoms with van der Waals surface area (Å²) in [4.78, 5) is 25.8. The SMILES string of the molecule is CC(CCC(=O)O)CNC(=O)Nc1ncc(Br)s1. The van der Waals surface area contributed by atoms with Crippen molar-refractivity contribution in [2.24, 2.45) is 5.92 Å². The molecule has 6 nitrogen and oxygen atoms in total. The Hall–Kier alpha value is -1.15. The molecule has 0 saturated carbocycles. The van der Waals surface area contributed by atoms with Crippen LogP contribution in [-0.2, 0) is 4.79 Å². The van der Waals surface area contributed by atoms with Gasteiger partial charge in [0.25, 0.3) is 0 Å². The second-order valence-corrected chi connectivity index (χ2v) is 6.25. The maximum absolute atomic E-state index is 11.5. The molecule has 18 heavy (non-hydrogen) atoms. The molecule has 0 saturated heterocycles. The number of aromatic nitrogens is 1. The monoisotopic (exact) mass is 335 g/mol. The fourth-order valence-corrected chi connectivity index (χ4v) is 2.29. The minimum absolute atomic E-state index is 0.115. The lowest BCUT2D eigenvalue weighted by atomic mass is 10.1. The van der Waals surface area contributed by atoms with Crippen molar-refractivity contribution >= 4 is 44.4 Å². The van der Waals surface area contributed by atoms with E-state index in [0.717, 1.165) is 3.79 Å². The Balaban J connectivity index is 2.22. The molecule has 0 aliphatic heterocycles. The largest absolute Gasteiger partial charge is 0.481 e. The van der Waals surface area contributed by atoms with Crippen molar-refractivity contribution in [1.29, 1.82) is 0 Å². The van der Waals surface area contributed by atoms with Crippen molar-refractivity contribution in [3.05, 3.63) is 9.98 Å². The highest BCUT2D eigenvalue weighted by Crippen LogP contribution is 2.22. The third kappa shape index (κ3) is 5.97. The van der Waals surface area contributed by atoms with E-state index >= 15 is 0 Å². The van der Waals surface area contributed by atoms with Crippen molar-refractivity contribution < 1.29 is 14.7 Å². The van der Waals surface area contributed by atoms with Crippen LogP contribution in [0, 0.1) is 5.92 Å². The number of carbonyl (C=O) groups is 2. The molecule has 8 heteroatoms. The number of carboxylic acids is 1. The highest BCUT2D eigenvalue weighted by atomic mass is 79.9. The normalized spacial score (nSPS) is 11.9. The van der Waals surface area contributed by atoms with Crippen LogP contribution in [0.5, 0.6) is 0 Å². The van der Waals surface area contributed by atoms with Crippen LogP contribution in [-0.4, -0.2) is 28.6 Å². The zero-order valence-electron chi connectivity index (χ0n) is 9.77. The van der Waals surface area contributed by atoms with Crippen molar-refractivity contribution in [3.8, 4) is 0 Å². The summed E-state index contributed by atoms with van der Waals surface area (Å²) in [5.41, 5.74) is 0. The molecule has 1 aromatic heterocycles. The lowest BCUT2D eigenvalue weighted by Gasteiger charge is -2.11. The number of anilines is 1. The second kappa shape index (κ2) is 7.32. The van der Waals surface area contributed by atoms with Crippen LogP contribution in [0.4, 0.5) is 9.93 Å². The predicted octanol–water partition coefficient (Wildman–Crippen LogP) is 2.53. The molecule has 1 unspecified atom stereocenters. The first-order valence-electron chi connectivity index (χ1n) is 5.35. The number of rotatable bonds is 6. The standard InChI is InChI=1S/C10H14BrN3O3S/c1-6(2-3-8(15)16)4-12-9(17)14-10-13-5-7(11)18-10/h5-6H,2-4H2,1H3,(H,15,16)(H2,12,13,14,17). The van der Waals surface area contributed by atoms with Crippen LogP contribution in [0.15, 0.2) is 9.98 Å². The number of nitrogens with one attached hydrogen (secondary N) is 2. The van der Waals surface area contributed by atoms with Gasteiger partial charge in [0.05, 0.1) is 9.98 Å². The maximum atomic E-state index is 11.5. The molecule has 1 aromatic rings. The lowest BCUT2D eigenvalue weighted by molar-refractivity contribution is -0.137. The number of urea groups is 1. The van der Waals surface area contributed by atoms with Gasteiger partial charge in [0.15, 0.2) is 5.13 Å². The average molecular weight is 336 g/mol. The first-order chi connectivity index (χ1) is 8.47. The first kappa shape index (κ1) is 14.9. The van der Waals surface area contributed by atoms with Crippen molar-refractivity contribution in [1.82, 2.24) is 10.3 Å². The summed E-state index contributed by atoms with van der Waals surface area (Å²) < 4.78 is 0.840. The van der Waals surface area contributed by atoms with E-state index in [1.807, 2.05) is 6.92 Å². The van der Waals surface area contributed by atoms with Crippen LogP contribution >= 0.6 is 27.3 Å². The number of hydrogen-bond donors (Lipinski definition) is 3. The van der Waals surface area contributed by atoms with E-state index in [1.54, 1.807) is 6.20 Å². The highest BCUT2D eigenvalue weighted by Gasteiger charge is 2.09. The van der Waals surface area contributed by atoms with Crippen LogP contribution in [0.1, 0.15) is 19.8 Å². The third-order valence-corrected chi connectivity index (χ3v) is 3.55. The molecule has 1 atom stereocenters. The number of nitrogens with zero attached hydrogens (tertiary/aromatic N) is 1. The third-order valence-electron chi connectivity index (χ3n) is 2.16. The Bertz CT molecular complexity index is 424. The summed E-state index contributed by atoms with van der Waals surface area (Å²) in [7, 11) is 0. The molecule has 0 fully saturated rings. The van der Waals surface area contributed by atoms with Gasteiger partial charge in [-0.05, 0) is 28.3 Å². The zero-order chi connectivity index (χ0) is 13.5. The quantitative estimate of drug-likeness (QED) is 0.744. The molecule has 1 heterocycles. The molecule has 2 amide bonds. The van der Waals surface area contributed by atoms with Gasteiger partial charge < -0.3 is 10.4 Å². The van der Waals surface area contributed by atoms with Gasteiger partial charge in [0.2, 0.25) is 0 Å². The Morgan fingerprint density at radius 3 is 2.89 bits per heavy atom. The van der Waals surface area contributed by atoms with Gasteiger partial charge in [-0.1, -0.05) is 18.3 Å². The number of halogens is 1. The molecule has 0 aliphatic rings. The number of thiazole rings is 1. The van der Waals surface area contributed by atoms with E-state index in [2.05, 4.69) is 31.5 Å². The van der Waals surface area contributed by atoms with Crippen LogP contribution in [0.25, 0.3) is 0 Å². The van der Waals surface area contributed by atoms with E-state index in [1.165, 1.54) is 11.3 Å². The fourth-order valence-electron chi connectivity index (χ4n) is 1.19. The van der Waals surface area contributed by atoms with Crippen LogP contribution in [0.2, 0.25) is 0 Å². The van der Waals surface area contributed by atoms with E-state index in [4.69, 9.17) is 5.11 Å². The van der Waals surface area contributed by atoms with E-state index in [-0.39, 0.29) is 18.4 Å². The van der Waals surface area contributed by atoms with Crippen LogP contribution in [0.3, 0.4) is 0 Å². The molecular weight excluding hydrogens is 322 g/mol. The Kier molecular flexibility index (Phi) is 6.06. The van der Waals surface area contributed by atoms with Crippen molar-refractivity contribution in [2.75, 3.05) is 11.9 Å². The molecule has 0 radical (unpaired) electrons. The Morgan fingerprint density at radius 2 is 2.33 bits per heavy atom. The number of aliphatic carboxylic acids is 1. The minimum Gasteiger partial charge on any atom is -0.481 e. The maximum Gasteiger partial charge on any atom is 0.321 e. The van der Waals surface area contributed by atoms with Gasteiger partial charge in [0, 0.05) is 13.0 Å². The summed E-state index contributed by atoms with van der Waals surface area (Å²) in [5, 5.41) is 14.3. The predicted molar refractivity (Wildman–Crippen MR) is 72.9 cm³/mol. The topological polar surface area (TPSA) is 91.3 Å². The summed E-state index contributed by atoms with van der Waals surface area (Å²) in [6, 6.07) is -0.334. The van der Waals surface area contributed by atoms with Gasteiger partial charge in [-0.25, -0.2) is 9.78 Å². The smallest absolute Gasteiger partial charge is 0.321 e. The first-order valence-corrected chi connectivity index (χ1v) is 6.96. The number of carbonyl (C=O) groups excluding carboxylic acids is 1. The minimum atomic E-state index is -0.820. The molecule has 3 N–H and O–H groups in total. The molecule has 0 bridgehead atoms. The Morgan fingerprint density at radius 1 is 1.61 bits per heavy atom. The highest BCUT2D eigenvalue weighted by molar-refractivity contribution is 9.11. The van der Waals surface area contributed by atoms with Crippen molar-refractivity contribution in [2.45, 2.75) is 19.8 Å². The van der Waals surface area contributed by atoms with E-state index in [0.29, 0.717) is 18.1 Å². The average Bonchev–Trinajstić information content (AvgIpc) is 2.69. The number of amides is 2. The lowest BCUT2D eigenvalue weighted by Crippen LogP contribution is -2.32. The zero-order valence-corrected chi connectivity index (χ0v) is 12.2. The Labute approximate surface area is 117 Å². The van der Waals surface area contributed by atoms with Crippen molar-refractivity contribution in [3.63, 3.8) is 0 Å². The fraction of sp³-hybridized carbons (Fsp3) is 0.500. The van der Waals surface area contributed by atoms with Crippen LogP contribution < -0.4 is 10.6 Å². The van der Waals surface area contributed by atoms with Gasteiger partial charge >= 0.3 is 12.0 Å². The molecule has 0 aliphatic carbocycles. The summed E-state index contributed by atoms with van der Waals surface area (Å²) in [5.74, 6) is -0.700. The molecule has 1 rings (SSSR count). The second-order valence-electron chi connectivity index (χ2n) is 3.84. The number of carboxylic acid groups (broad SMARTS) is 1. The molecule has 0 aromatic carbocycles. The molecule has 0 spiro atoms. The van der Waals surface area contributed by atoms with Gasteiger partial charge in [-0.3, -0.25) is 10.1 Å². The summed E-state index contributed by atoms with van der Waals surface area (Å²) in [6.45, 7) is 2.33. The summed E-state index contributed by atoms with van der Waals surface area (Å²) >= 11 is 4.57. The summed E-state index contributed by atoms with van der Waals surface area (Å²) in [6.07, 6.45) is 2.26. The van der Waals surface area contributed by atoms with E-state index in [9.17, 15) is 9.59 Å². The van der Waals surface area contributed by atoms with Gasteiger partial charge in [-0.15, -0.1) is 0 Å². The van der Waals surface area contributed by atoms with E-state index < -0.39 is 5.97 Å². The molecule has 100 valence electrons.